The van der Waals surface area contributed by atoms with Crippen molar-refractivity contribution in [2.75, 3.05) is 19.8 Å². The second-order valence-electron chi connectivity index (χ2n) is 4.11. The zero-order valence-corrected chi connectivity index (χ0v) is 11.2. The lowest BCUT2D eigenvalue weighted by molar-refractivity contribution is 0.296. The number of halogens is 2. The molecule has 0 fully saturated rings. The van der Waals surface area contributed by atoms with E-state index in [-0.39, 0.29) is 11.7 Å². The molecule has 5 heteroatoms. The van der Waals surface area contributed by atoms with Gasteiger partial charge in [-0.25, -0.2) is 4.39 Å². The van der Waals surface area contributed by atoms with E-state index in [0.29, 0.717) is 41.3 Å². The molecule has 0 spiro atoms. The third kappa shape index (κ3) is 2.40. The molecule has 3 nitrogen and oxygen atoms in total. The minimum Gasteiger partial charge on any atom is -0.490 e. The molecule has 0 amide bonds. The van der Waals surface area contributed by atoms with Crippen LogP contribution in [0.3, 0.4) is 0 Å². The van der Waals surface area contributed by atoms with Gasteiger partial charge in [0.1, 0.15) is 5.82 Å². The van der Waals surface area contributed by atoms with Crippen LogP contribution < -0.4 is 15.2 Å². The maximum atomic E-state index is 14.1. The predicted molar refractivity (Wildman–Crippen MR) is 67.2 cm³/mol. The molecule has 0 radical (unpaired) electrons. The van der Waals surface area contributed by atoms with Crippen molar-refractivity contribution in [1.82, 2.24) is 0 Å². The Kier molecular flexibility index (Phi) is 3.89. The summed E-state index contributed by atoms with van der Waals surface area (Å²) in [6.45, 7) is 3.40. The third-order valence-electron chi connectivity index (χ3n) is 2.83. The van der Waals surface area contributed by atoms with E-state index in [1.807, 2.05) is 6.92 Å². The van der Waals surface area contributed by atoms with Gasteiger partial charge in [-0.3, -0.25) is 0 Å². The number of fused-ring (bicyclic) bond motifs is 1. The first-order valence-corrected chi connectivity index (χ1v) is 6.42. The molecule has 0 saturated heterocycles. The molecule has 0 saturated carbocycles. The maximum Gasteiger partial charge on any atom is 0.178 e. The molecule has 17 heavy (non-hydrogen) atoms. The fraction of sp³-hybridized carbons (Fsp3) is 0.500. The quantitative estimate of drug-likeness (QED) is 0.914. The van der Waals surface area contributed by atoms with E-state index in [9.17, 15) is 4.39 Å². The lowest BCUT2D eigenvalue weighted by atomic mass is 10.00. The molecule has 1 aliphatic heterocycles. The van der Waals surface area contributed by atoms with Crippen LogP contribution >= 0.6 is 15.9 Å². The Bertz CT molecular complexity index is 425. The largest absolute Gasteiger partial charge is 0.490 e. The van der Waals surface area contributed by atoms with Crippen LogP contribution in [0.15, 0.2) is 10.5 Å². The molecule has 1 aliphatic rings. The smallest absolute Gasteiger partial charge is 0.178 e. The van der Waals surface area contributed by atoms with Gasteiger partial charge in [0, 0.05) is 6.42 Å². The third-order valence-corrected chi connectivity index (χ3v) is 3.54. The number of nitrogens with two attached hydrogens (primary N) is 1. The molecule has 0 aliphatic carbocycles. The number of hydrogen-bond acceptors (Lipinski definition) is 3. The summed E-state index contributed by atoms with van der Waals surface area (Å²) in [5.41, 5.74) is 6.13. The van der Waals surface area contributed by atoms with Crippen LogP contribution in [0.5, 0.6) is 11.5 Å². The van der Waals surface area contributed by atoms with Gasteiger partial charge in [-0.05, 0) is 40.0 Å². The van der Waals surface area contributed by atoms with Crippen LogP contribution in [-0.4, -0.2) is 19.8 Å². The van der Waals surface area contributed by atoms with Gasteiger partial charge in [0.25, 0.3) is 0 Å². The van der Waals surface area contributed by atoms with Crippen LogP contribution in [0, 0.1) is 5.82 Å². The van der Waals surface area contributed by atoms with E-state index < -0.39 is 0 Å². The Hall–Kier alpha value is -0.810. The zero-order chi connectivity index (χ0) is 12.4. The average Bonchev–Trinajstić information content (AvgIpc) is 2.58. The minimum absolute atomic E-state index is 0.0524. The van der Waals surface area contributed by atoms with Gasteiger partial charge in [-0.2, -0.15) is 0 Å². The highest BCUT2D eigenvalue weighted by Crippen LogP contribution is 2.42. The van der Waals surface area contributed by atoms with Crippen LogP contribution in [0.25, 0.3) is 0 Å². The summed E-state index contributed by atoms with van der Waals surface area (Å²) >= 11 is 3.23. The minimum atomic E-state index is -0.313. The van der Waals surface area contributed by atoms with E-state index in [1.165, 1.54) is 0 Å². The highest BCUT2D eigenvalue weighted by Gasteiger charge is 2.22. The fourth-order valence-electron chi connectivity index (χ4n) is 1.75. The van der Waals surface area contributed by atoms with Gasteiger partial charge >= 0.3 is 0 Å². The van der Waals surface area contributed by atoms with Crippen LogP contribution in [-0.2, 0) is 0 Å². The van der Waals surface area contributed by atoms with Crippen molar-refractivity contribution < 1.29 is 13.9 Å². The maximum absolute atomic E-state index is 14.1. The number of rotatable bonds is 2. The number of hydrogen-bond donors (Lipinski definition) is 1. The van der Waals surface area contributed by atoms with Gasteiger partial charge in [0.2, 0.25) is 0 Å². The van der Waals surface area contributed by atoms with E-state index >= 15 is 0 Å². The monoisotopic (exact) mass is 303 g/mol. The van der Waals surface area contributed by atoms with Gasteiger partial charge in [0.15, 0.2) is 11.5 Å². The Balaban J connectivity index is 2.51. The summed E-state index contributed by atoms with van der Waals surface area (Å²) in [7, 11) is 0. The van der Waals surface area contributed by atoms with Crippen molar-refractivity contribution in [2.45, 2.75) is 19.3 Å². The van der Waals surface area contributed by atoms with Crippen molar-refractivity contribution in [3.63, 3.8) is 0 Å². The first-order chi connectivity index (χ1) is 8.15. The fourth-order valence-corrected chi connectivity index (χ4v) is 2.29. The normalized spacial score (nSPS) is 16.5. The lowest BCUT2D eigenvalue weighted by Crippen LogP contribution is -2.11. The summed E-state index contributed by atoms with van der Waals surface area (Å²) in [5.74, 6) is 0.676. The molecule has 1 heterocycles. The van der Waals surface area contributed by atoms with Crippen molar-refractivity contribution in [3.05, 3.63) is 21.9 Å². The SMILES string of the molecule is CC(CN)c1cc2c(c(Br)c1F)OCCCO2. The van der Waals surface area contributed by atoms with Crippen LogP contribution in [0.2, 0.25) is 0 Å². The predicted octanol–water partition coefficient (Wildman–Crippen LogP) is 2.81. The van der Waals surface area contributed by atoms with Gasteiger partial charge in [-0.1, -0.05) is 6.92 Å². The lowest BCUT2D eigenvalue weighted by Gasteiger charge is -2.16. The molecular formula is C12H15BrFNO2. The van der Waals surface area contributed by atoms with Gasteiger partial charge in [-0.15, -0.1) is 0 Å². The second kappa shape index (κ2) is 5.23. The van der Waals surface area contributed by atoms with Crippen molar-refractivity contribution in [1.29, 1.82) is 0 Å². The van der Waals surface area contributed by atoms with Crippen LogP contribution in [0.4, 0.5) is 4.39 Å². The Morgan fingerprint density at radius 2 is 2.18 bits per heavy atom. The molecule has 1 atom stereocenters. The zero-order valence-electron chi connectivity index (χ0n) is 9.63. The molecule has 1 aromatic carbocycles. The Morgan fingerprint density at radius 1 is 1.47 bits per heavy atom. The van der Waals surface area contributed by atoms with E-state index in [0.717, 1.165) is 6.42 Å². The molecule has 1 aromatic rings. The van der Waals surface area contributed by atoms with Crippen LogP contribution in [0.1, 0.15) is 24.8 Å². The molecular weight excluding hydrogens is 289 g/mol. The molecule has 0 aromatic heterocycles. The van der Waals surface area contributed by atoms with E-state index in [1.54, 1.807) is 6.07 Å². The molecule has 0 bridgehead atoms. The van der Waals surface area contributed by atoms with Crippen molar-refractivity contribution >= 4 is 15.9 Å². The highest BCUT2D eigenvalue weighted by molar-refractivity contribution is 9.10. The van der Waals surface area contributed by atoms with E-state index in [2.05, 4.69) is 15.9 Å². The average molecular weight is 304 g/mol. The molecule has 2 N–H and O–H groups in total. The molecule has 2 rings (SSSR count). The van der Waals surface area contributed by atoms with Gasteiger partial charge in [0.05, 0.1) is 17.7 Å². The van der Waals surface area contributed by atoms with E-state index in [4.69, 9.17) is 15.2 Å². The first-order valence-electron chi connectivity index (χ1n) is 5.62. The number of benzene rings is 1. The van der Waals surface area contributed by atoms with Crippen molar-refractivity contribution in [2.24, 2.45) is 5.73 Å². The van der Waals surface area contributed by atoms with Crippen molar-refractivity contribution in [3.8, 4) is 11.5 Å². The van der Waals surface area contributed by atoms with Gasteiger partial charge < -0.3 is 15.2 Å². The summed E-state index contributed by atoms with van der Waals surface area (Å²) in [4.78, 5) is 0. The Morgan fingerprint density at radius 3 is 2.88 bits per heavy atom. The topological polar surface area (TPSA) is 44.5 Å². The molecule has 1 unspecified atom stereocenters. The summed E-state index contributed by atoms with van der Waals surface area (Å²) < 4.78 is 25.5. The second-order valence-corrected chi connectivity index (χ2v) is 4.90. The first kappa shape index (κ1) is 12.6. The Labute approximate surface area is 108 Å². The summed E-state index contributed by atoms with van der Waals surface area (Å²) in [6.07, 6.45) is 0.796. The standard InChI is InChI=1S/C12H15BrFNO2/c1-7(6-15)8-5-9-12(10(13)11(8)14)17-4-2-3-16-9/h5,7H,2-4,6,15H2,1H3. The summed E-state index contributed by atoms with van der Waals surface area (Å²) in [6, 6.07) is 1.69. The molecule has 94 valence electrons. The summed E-state index contributed by atoms with van der Waals surface area (Å²) in [5, 5.41) is 0. The number of ether oxygens (including phenoxy) is 2. The highest BCUT2D eigenvalue weighted by atomic mass is 79.9.